The summed E-state index contributed by atoms with van der Waals surface area (Å²) in [4.78, 5) is 7.98. The lowest BCUT2D eigenvalue weighted by Gasteiger charge is -2.18. The molecule has 2 aromatic heterocycles. The smallest absolute Gasteiger partial charge is 0.131 e. The van der Waals surface area contributed by atoms with Gasteiger partial charge in [-0.05, 0) is 203 Å². The van der Waals surface area contributed by atoms with Gasteiger partial charge in [0.15, 0.2) is 0 Å². The normalized spacial score (nSPS) is 10.1. The summed E-state index contributed by atoms with van der Waals surface area (Å²) in [7, 11) is 0. The van der Waals surface area contributed by atoms with Gasteiger partial charge in [-0.25, -0.2) is 13.2 Å². The Balaban J connectivity index is 0.000000175. The molecule has 13 aromatic rings. The second-order valence-corrected chi connectivity index (χ2v) is 25.2. The molecule has 0 aliphatic carbocycles. The lowest BCUT2D eigenvalue weighted by Crippen LogP contribution is -2.10. The Kier molecular flexibility index (Phi) is 30.0. The first-order chi connectivity index (χ1) is 46.0. The summed E-state index contributed by atoms with van der Waals surface area (Å²) in [5.41, 5.74) is 26.7. The van der Waals surface area contributed by atoms with E-state index in [0.717, 1.165) is 27.8 Å². The molecule has 0 unspecified atom stereocenters. The van der Waals surface area contributed by atoms with Crippen LogP contribution in [-0.2, 0) is 5.41 Å². The average Bonchev–Trinajstić information content (AvgIpc) is 2.26. The maximum atomic E-state index is 13.4. The van der Waals surface area contributed by atoms with Gasteiger partial charge in [-0.15, -0.1) is 0 Å². The van der Waals surface area contributed by atoms with E-state index in [2.05, 4.69) is 220 Å². The van der Waals surface area contributed by atoms with E-state index in [1.54, 1.807) is 36.4 Å². The van der Waals surface area contributed by atoms with E-state index >= 15 is 0 Å². The standard InChI is InChI=1S/3C13H11F.2C12H11N.C11H16.C9H12.C8H10/c1-10-2-4-11(5-3-10)12-6-8-13(14)9-7-12;1-10-5-7-11(8-6-10)12-3-2-4-13(14)9-12;1-10-6-8-11(9-7-10)12-4-2-3-5-13(12)14;1-10-2-4-11(5-3-10)12-6-8-13-9-7-12;1-10-3-2-4-12(9-10)11-5-7-13-8-6-11;1-9-5-7-10(8-6-9)11(2,3)4;1-7-4-5-8(2)9(3)6-7;1-7-3-5-8(2)6-4-7/h3*2-9H,1H3;2*2-9H,1H3;5-8H,1-4H3;4-6H,1-3H3;3-6H,1-2H3. The Morgan fingerprint density at radius 3 is 0.938 bits per heavy atom. The van der Waals surface area contributed by atoms with Gasteiger partial charge < -0.3 is 0 Å². The first kappa shape index (κ1) is 74.5. The van der Waals surface area contributed by atoms with Crippen molar-refractivity contribution in [2.75, 3.05) is 0 Å². The Hall–Kier alpha value is -10.5. The first-order valence-corrected chi connectivity index (χ1v) is 32.5. The van der Waals surface area contributed by atoms with Gasteiger partial charge in [0.2, 0.25) is 0 Å². The van der Waals surface area contributed by atoms with Gasteiger partial charge in [-0.1, -0.05) is 301 Å². The van der Waals surface area contributed by atoms with Crippen LogP contribution in [0.15, 0.2) is 310 Å². The van der Waals surface area contributed by atoms with Crippen molar-refractivity contribution in [3.05, 3.63) is 394 Å². The van der Waals surface area contributed by atoms with Gasteiger partial charge in [0.1, 0.15) is 17.5 Å². The van der Waals surface area contributed by atoms with Gasteiger partial charge in [0.25, 0.3) is 0 Å². The van der Waals surface area contributed by atoms with Crippen LogP contribution in [0.3, 0.4) is 0 Å². The van der Waals surface area contributed by atoms with E-state index < -0.39 is 0 Å². The Morgan fingerprint density at radius 2 is 0.552 bits per heavy atom. The van der Waals surface area contributed by atoms with E-state index in [4.69, 9.17) is 0 Å². The molecular formula is C91H93F3N2. The fourth-order valence-corrected chi connectivity index (χ4v) is 9.47. The lowest BCUT2D eigenvalue weighted by molar-refractivity contribution is 0.590. The zero-order valence-corrected chi connectivity index (χ0v) is 58.5. The van der Waals surface area contributed by atoms with Crippen molar-refractivity contribution in [2.24, 2.45) is 0 Å². The molecule has 96 heavy (non-hydrogen) atoms. The van der Waals surface area contributed by atoms with Crippen LogP contribution in [0.2, 0.25) is 0 Å². The SMILES string of the molecule is Cc1ccc(-c2ccc(F)cc2)cc1.Cc1ccc(-c2cccc(F)c2)cc1.Cc1ccc(-c2ccccc2F)cc1.Cc1ccc(-c2ccncc2)cc1.Cc1ccc(C(C)(C)C)cc1.Cc1ccc(C)c(C)c1.Cc1ccc(C)cc1.Cc1cccc(-c2ccncc2)c1. The second-order valence-electron chi connectivity index (χ2n) is 25.2. The minimum absolute atomic E-state index is 0.170. The molecule has 11 aromatic carbocycles. The minimum Gasteiger partial charge on any atom is -0.265 e. The fourth-order valence-electron chi connectivity index (χ4n) is 9.47. The Labute approximate surface area is 572 Å². The summed E-state index contributed by atoms with van der Waals surface area (Å²) in [5, 5.41) is 0. The highest BCUT2D eigenvalue weighted by atomic mass is 19.1. The zero-order valence-electron chi connectivity index (χ0n) is 58.5. The molecule has 5 heteroatoms. The summed E-state index contributed by atoms with van der Waals surface area (Å²) in [6.07, 6.45) is 7.26. The molecular weight excluding hydrogens is 1180 g/mol. The predicted octanol–water partition coefficient (Wildman–Crippen LogP) is 25.7. The number of hydrogen-bond donors (Lipinski definition) is 0. The third kappa shape index (κ3) is 26.9. The third-order valence-electron chi connectivity index (χ3n) is 15.6. The van der Waals surface area contributed by atoms with E-state index in [-0.39, 0.29) is 22.9 Å². The molecule has 0 saturated heterocycles. The number of nitrogens with zero attached hydrogens (tertiary/aromatic N) is 2. The summed E-state index contributed by atoms with van der Waals surface area (Å²) in [6.45, 7) is 29.7. The van der Waals surface area contributed by atoms with Crippen LogP contribution in [0.5, 0.6) is 0 Å². The molecule has 2 heterocycles. The van der Waals surface area contributed by atoms with E-state index in [1.165, 1.54) is 113 Å². The quantitative estimate of drug-likeness (QED) is 0.172. The lowest BCUT2D eigenvalue weighted by atomic mass is 9.87. The fraction of sp³-hybridized carbons (Fsp3) is 0.165. The number of aromatic nitrogens is 2. The van der Waals surface area contributed by atoms with Crippen molar-refractivity contribution in [1.29, 1.82) is 0 Å². The Morgan fingerprint density at radius 1 is 0.229 bits per heavy atom. The largest absolute Gasteiger partial charge is 0.265 e. The molecule has 13 rings (SSSR count). The molecule has 488 valence electrons. The zero-order chi connectivity index (χ0) is 69.4. The van der Waals surface area contributed by atoms with Crippen LogP contribution < -0.4 is 0 Å². The highest BCUT2D eigenvalue weighted by Crippen LogP contribution is 2.26. The van der Waals surface area contributed by atoms with Crippen LogP contribution in [0.25, 0.3) is 55.6 Å². The third-order valence-corrected chi connectivity index (χ3v) is 15.6. The van der Waals surface area contributed by atoms with E-state index in [0.29, 0.717) is 5.56 Å². The number of halogens is 3. The van der Waals surface area contributed by atoms with Gasteiger partial charge in [0.05, 0.1) is 0 Å². The van der Waals surface area contributed by atoms with Crippen molar-refractivity contribution in [3.8, 4) is 55.6 Å². The van der Waals surface area contributed by atoms with Gasteiger partial charge in [-0.3, -0.25) is 9.97 Å². The minimum atomic E-state index is -0.194. The van der Waals surface area contributed by atoms with Crippen molar-refractivity contribution < 1.29 is 13.2 Å². The maximum absolute atomic E-state index is 13.4. The average molecular weight is 1270 g/mol. The number of aryl methyl sites for hydroxylation is 11. The molecule has 0 bridgehead atoms. The number of benzene rings is 11. The molecule has 0 aliphatic heterocycles. The number of pyridine rings is 2. The summed E-state index contributed by atoms with van der Waals surface area (Å²) < 4.78 is 39.0. The summed E-state index contributed by atoms with van der Waals surface area (Å²) in [6, 6.07) is 92.9. The van der Waals surface area contributed by atoms with Crippen LogP contribution in [0.4, 0.5) is 13.2 Å². The molecule has 0 aliphatic rings. The highest BCUT2D eigenvalue weighted by molar-refractivity contribution is 5.67. The van der Waals surface area contributed by atoms with Crippen molar-refractivity contribution >= 4 is 0 Å². The van der Waals surface area contributed by atoms with Crippen LogP contribution >= 0.6 is 0 Å². The molecule has 0 spiro atoms. The summed E-state index contributed by atoms with van der Waals surface area (Å²) >= 11 is 0. The van der Waals surface area contributed by atoms with Gasteiger partial charge in [0, 0.05) is 30.4 Å². The highest BCUT2D eigenvalue weighted by Gasteiger charge is 2.12. The maximum Gasteiger partial charge on any atom is 0.131 e. The van der Waals surface area contributed by atoms with Crippen LogP contribution in [0.1, 0.15) is 87.5 Å². The van der Waals surface area contributed by atoms with E-state index in [9.17, 15) is 13.2 Å². The Bertz CT molecular complexity index is 4260. The number of rotatable bonds is 5. The van der Waals surface area contributed by atoms with Crippen LogP contribution in [0, 0.1) is 93.6 Å². The van der Waals surface area contributed by atoms with Crippen LogP contribution in [-0.4, -0.2) is 9.97 Å². The topological polar surface area (TPSA) is 25.8 Å². The molecule has 2 nitrogen and oxygen atoms in total. The molecule has 0 N–H and O–H groups in total. The van der Waals surface area contributed by atoms with Crippen molar-refractivity contribution in [3.63, 3.8) is 0 Å². The van der Waals surface area contributed by atoms with Crippen molar-refractivity contribution in [1.82, 2.24) is 9.97 Å². The second kappa shape index (κ2) is 38.6. The molecule has 0 fully saturated rings. The van der Waals surface area contributed by atoms with Gasteiger partial charge >= 0.3 is 0 Å². The molecule has 0 atom stereocenters. The molecule has 0 amide bonds. The summed E-state index contributed by atoms with van der Waals surface area (Å²) in [5.74, 6) is -0.555. The number of hydrogen-bond acceptors (Lipinski definition) is 2. The van der Waals surface area contributed by atoms with Crippen molar-refractivity contribution in [2.45, 2.75) is 102 Å². The predicted molar refractivity (Wildman–Crippen MR) is 405 cm³/mol. The van der Waals surface area contributed by atoms with E-state index in [1.807, 2.05) is 136 Å². The monoisotopic (exact) mass is 1270 g/mol. The first-order valence-electron chi connectivity index (χ1n) is 32.5. The van der Waals surface area contributed by atoms with Gasteiger partial charge in [-0.2, -0.15) is 0 Å². The molecule has 0 saturated carbocycles. The molecule has 0 radical (unpaired) electrons.